The van der Waals surface area contributed by atoms with Gasteiger partial charge in [-0.2, -0.15) is 16.9 Å². The minimum Gasteiger partial charge on any atom is -0.336 e. The van der Waals surface area contributed by atoms with E-state index >= 15 is 0 Å². The first kappa shape index (κ1) is 11.1. The van der Waals surface area contributed by atoms with Gasteiger partial charge in [-0.1, -0.05) is 0 Å². The number of nitrogens with zero attached hydrogens (tertiary/aromatic N) is 2. The highest BCUT2D eigenvalue weighted by Crippen LogP contribution is 2.39. The number of H-pyrrole nitrogens is 1. The molecule has 2 aliphatic rings. The van der Waals surface area contributed by atoms with Gasteiger partial charge in [0.2, 0.25) is 0 Å². The third-order valence-electron chi connectivity index (χ3n) is 3.34. The maximum atomic E-state index is 12.2. The van der Waals surface area contributed by atoms with Gasteiger partial charge in [0.1, 0.15) is 5.69 Å². The summed E-state index contributed by atoms with van der Waals surface area (Å²) in [5.74, 6) is 2.93. The van der Waals surface area contributed by atoms with Crippen LogP contribution in [0.25, 0.3) is 0 Å². The van der Waals surface area contributed by atoms with Crippen molar-refractivity contribution in [3.8, 4) is 0 Å². The Hall–Kier alpha value is -0.970. The van der Waals surface area contributed by atoms with Gasteiger partial charge in [-0.05, 0) is 31.1 Å². The normalized spacial score (nSPS) is 21.3. The summed E-state index contributed by atoms with van der Waals surface area (Å²) in [6.07, 6.45) is 3.56. The van der Waals surface area contributed by atoms with Gasteiger partial charge in [0.05, 0.1) is 0 Å². The van der Waals surface area contributed by atoms with Crippen LogP contribution in [0.15, 0.2) is 6.07 Å². The van der Waals surface area contributed by atoms with E-state index in [0.29, 0.717) is 11.6 Å². The van der Waals surface area contributed by atoms with Crippen LogP contribution in [0.1, 0.15) is 41.4 Å². The lowest BCUT2D eigenvalue weighted by atomic mass is 10.2. The van der Waals surface area contributed by atoms with Gasteiger partial charge in [0.15, 0.2) is 0 Å². The van der Waals surface area contributed by atoms with Gasteiger partial charge in [-0.3, -0.25) is 9.89 Å². The lowest BCUT2D eigenvalue weighted by Gasteiger charge is -2.18. The third kappa shape index (κ3) is 2.49. The predicted molar refractivity (Wildman–Crippen MR) is 68.4 cm³/mol. The van der Waals surface area contributed by atoms with Crippen LogP contribution in [0.5, 0.6) is 0 Å². The molecule has 3 rings (SSSR count). The number of carbonyl (C=O) groups is 1. The summed E-state index contributed by atoms with van der Waals surface area (Å²) in [7, 11) is 0. The van der Waals surface area contributed by atoms with E-state index < -0.39 is 0 Å². The molecule has 0 radical (unpaired) electrons. The van der Waals surface area contributed by atoms with Crippen LogP contribution in [0.3, 0.4) is 0 Å². The van der Waals surface area contributed by atoms with Crippen molar-refractivity contribution in [3.05, 3.63) is 17.5 Å². The van der Waals surface area contributed by atoms with Crippen molar-refractivity contribution in [1.29, 1.82) is 0 Å². The minimum absolute atomic E-state index is 0.0932. The summed E-state index contributed by atoms with van der Waals surface area (Å²) < 4.78 is 0. The number of amides is 1. The molecule has 1 aliphatic heterocycles. The van der Waals surface area contributed by atoms with Crippen molar-refractivity contribution in [3.63, 3.8) is 0 Å². The number of carbonyl (C=O) groups excluding carboxylic acids is 1. The van der Waals surface area contributed by atoms with Crippen LogP contribution < -0.4 is 0 Å². The van der Waals surface area contributed by atoms with Crippen molar-refractivity contribution < 1.29 is 4.79 Å². The van der Waals surface area contributed by atoms with E-state index in [1.54, 1.807) is 0 Å². The molecule has 1 aromatic heterocycles. The summed E-state index contributed by atoms with van der Waals surface area (Å²) in [5.41, 5.74) is 1.73. The third-order valence-corrected chi connectivity index (χ3v) is 4.39. The maximum absolute atomic E-state index is 12.2. The molecule has 1 saturated heterocycles. The average molecular weight is 251 g/mol. The van der Waals surface area contributed by atoms with E-state index in [1.807, 2.05) is 22.7 Å². The first-order chi connectivity index (χ1) is 8.34. The number of hydrogen-bond donors (Lipinski definition) is 1. The summed E-state index contributed by atoms with van der Waals surface area (Å²) in [6.45, 7) is 1.73. The Labute approximate surface area is 105 Å². The van der Waals surface area contributed by atoms with Crippen LogP contribution in [0.4, 0.5) is 0 Å². The fourth-order valence-electron chi connectivity index (χ4n) is 2.16. The average Bonchev–Trinajstić information content (AvgIpc) is 3.13. The summed E-state index contributed by atoms with van der Waals surface area (Å²) in [6, 6.07) is 1.94. The van der Waals surface area contributed by atoms with E-state index in [2.05, 4.69) is 10.2 Å². The lowest BCUT2D eigenvalue weighted by Crippen LogP contribution is -2.33. The first-order valence-corrected chi connectivity index (χ1v) is 7.42. The lowest BCUT2D eigenvalue weighted by molar-refractivity contribution is 0.0762. The zero-order chi connectivity index (χ0) is 11.7. The molecule has 2 fully saturated rings. The Morgan fingerprint density at radius 2 is 2.29 bits per heavy atom. The van der Waals surface area contributed by atoms with Gasteiger partial charge in [0.25, 0.3) is 5.91 Å². The van der Waals surface area contributed by atoms with E-state index in [1.165, 1.54) is 12.8 Å². The SMILES string of the molecule is O=C(c1cc(C2CC2)[nH]n1)N1CCCSCC1. The zero-order valence-electron chi connectivity index (χ0n) is 9.82. The van der Waals surface area contributed by atoms with E-state index in [9.17, 15) is 4.79 Å². The number of thioether (sulfide) groups is 1. The Morgan fingerprint density at radius 3 is 3.12 bits per heavy atom. The Bertz CT molecular complexity index is 406. The van der Waals surface area contributed by atoms with Gasteiger partial charge in [-0.25, -0.2) is 0 Å². The molecule has 0 aromatic carbocycles. The second-order valence-electron chi connectivity index (χ2n) is 4.74. The molecule has 1 N–H and O–H groups in total. The quantitative estimate of drug-likeness (QED) is 0.873. The highest BCUT2D eigenvalue weighted by atomic mass is 32.2. The summed E-state index contributed by atoms with van der Waals surface area (Å²) in [5, 5.41) is 7.16. The molecule has 1 aliphatic carbocycles. The monoisotopic (exact) mass is 251 g/mol. The largest absolute Gasteiger partial charge is 0.336 e. The van der Waals surface area contributed by atoms with Crippen LogP contribution in [-0.4, -0.2) is 45.6 Å². The highest BCUT2D eigenvalue weighted by molar-refractivity contribution is 7.99. The van der Waals surface area contributed by atoms with Crippen molar-refractivity contribution in [2.75, 3.05) is 24.6 Å². The van der Waals surface area contributed by atoms with Crippen molar-refractivity contribution in [2.45, 2.75) is 25.2 Å². The molecule has 2 heterocycles. The predicted octanol–water partition coefficient (Wildman–Crippen LogP) is 1.87. The van der Waals surface area contributed by atoms with Crippen molar-refractivity contribution >= 4 is 17.7 Å². The van der Waals surface area contributed by atoms with Crippen LogP contribution in [0, 0.1) is 0 Å². The summed E-state index contributed by atoms with van der Waals surface area (Å²) in [4.78, 5) is 14.2. The molecule has 92 valence electrons. The molecule has 0 atom stereocenters. The number of rotatable bonds is 2. The fourth-order valence-corrected chi connectivity index (χ4v) is 3.05. The van der Waals surface area contributed by atoms with E-state index in [0.717, 1.165) is 36.7 Å². The van der Waals surface area contributed by atoms with E-state index in [4.69, 9.17) is 0 Å². The van der Waals surface area contributed by atoms with E-state index in [-0.39, 0.29) is 5.91 Å². The molecule has 17 heavy (non-hydrogen) atoms. The maximum Gasteiger partial charge on any atom is 0.274 e. The number of hydrogen-bond acceptors (Lipinski definition) is 3. The molecule has 0 unspecified atom stereocenters. The molecule has 1 aromatic rings. The molecular weight excluding hydrogens is 234 g/mol. The molecule has 4 nitrogen and oxygen atoms in total. The highest BCUT2D eigenvalue weighted by Gasteiger charge is 2.27. The molecular formula is C12H17N3OS. The first-order valence-electron chi connectivity index (χ1n) is 6.27. The topological polar surface area (TPSA) is 49.0 Å². The number of nitrogens with one attached hydrogen (secondary N) is 1. The second-order valence-corrected chi connectivity index (χ2v) is 5.97. The van der Waals surface area contributed by atoms with Crippen LogP contribution >= 0.6 is 11.8 Å². The van der Waals surface area contributed by atoms with Gasteiger partial charge >= 0.3 is 0 Å². The van der Waals surface area contributed by atoms with Gasteiger partial charge in [0, 0.05) is 30.5 Å². The van der Waals surface area contributed by atoms with Gasteiger partial charge in [-0.15, -0.1) is 0 Å². The number of aromatic nitrogens is 2. The Morgan fingerprint density at radius 1 is 1.41 bits per heavy atom. The zero-order valence-corrected chi connectivity index (χ0v) is 10.6. The molecule has 0 spiro atoms. The Balaban J connectivity index is 1.70. The van der Waals surface area contributed by atoms with Crippen molar-refractivity contribution in [2.24, 2.45) is 0 Å². The standard InChI is InChI=1S/C12H17N3OS/c16-12(15-4-1-6-17-7-5-15)11-8-10(13-14-11)9-2-3-9/h8-9H,1-7H2,(H,13,14). The van der Waals surface area contributed by atoms with Gasteiger partial charge < -0.3 is 4.90 Å². The van der Waals surface area contributed by atoms with Crippen LogP contribution in [0.2, 0.25) is 0 Å². The van der Waals surface area contributed by atoms with Crippen LogP contribution in [-0.2, 0) is 0 Å². The number of aromatic amines is 1. The summed E-state index contributed by atoms with van der Waals surface area (Å²) >= 11 is 1.93. The fraction of sp³-hybridized carbons (Fsp3) is 0.667. The Kier molecular flexibility index (Phi) is 3.09. The second kappa shape index (κ2) is 4.72. The van der Waals surface area contributed by atoms with Crippen molar-refractivity contribution in [1.82, 2.24) is 15.1 Å². The minimum atomic E-state index is 0.0932. The molecule has 5 heteroatoms. The molecule has 0 bridgehead atoms. The smallest absolute Gasteiger partial charge is 0.274 e. The molecule has 1 saturated carbocycles. The molecule has 1 amide bonds.